The molecule has 1 heterocycles. The van der Waals surface area contributed by atoms with Crippen molar-refractivity contribution in [2.24, 2.45) is 0 Å². The van der Waals surface area contributed by atoms with Crippen LogP contribution in [0.4, 0.5) is 8.78 Å². The fraction of sp³-hybridized carbons (Fsp3) is 0.333. The van der Waals surface area contributed by atoms with Crippen molar-refractivity contribution in [1.29, 1.82) is 0 Å². The van der Waals surface area contributed by atoms with Crippen LogP contribution in [0.15, 0.2) is 16.6 Å². The van der Waals surface area contributed by atoms with Crippen LogP contribution in [0.2, 0.25) is 0 Å². The van der Waals surface area contributed by atoms with E-state index in [2.05, 4.69) is 21.2 Å². The van der Waals surface area contributed by atoms with Crippen molar-refractivity contribution in [3.8, 4) is 0 Å². The van der Waals surface area contributed by atoms with E-state index in [9.17, 15) is 8.78 Å². The summed E-state index contributed by atoms with van der Waals surface area (Å²) in [5.41, 5.74) is 0.162. The van der Waals surface area contributed by atoms with Gasteiger partial charge in [0.1, 0.15) is 11.6 Å². The molecule has 1 N–H and O–H groups in total. The molecule has 1 atom stereocenters. The summed E-state index contributed by atoms with van der Waals surface area (Å²) in [5, 5.41) is 2.97. The Kier molecular flexibility index (Phi) is 3.86. The zero-order chi connectivity index (χ0) is 9.42. The Morgan fingerprint density at radius 1 is 1.29 bits per heavy atom. The van der Waals surface area contributed by atoms with E-state index in [0.717, 1.165) is 13.0 Å². The van der Waals surface area contributed by atoms with Crippen LogP contribution in [-0.4, -0.2) is 6.54 Å². The number of hydrogen-bond acceptors (Lipinski definition) is 1. The molecule has 0 saturated carbocycles. The molecular weight excluding hydrogens is 275 g/mol. The van der Waals surface area contributed by atoms with Gasteiger partial charge in [0.25, 0.3) is 0 Å². The molecule has 0 amide bonds. The largest absolute Gasteiger partial charge is 0.310 e. The molecule has 0 bridgehead atoms. The molecule has 1 saturated heterocycles. The number of rotatable bonds is 1. The summed E-state index contributed by atoms with van der Waals surface area (Å²) in [6.07, 6.45) is 0.801. The zero-order valence-corrected chi connectivity index (χ0v) is 9.59. The predicted molar refractivity (Wildman–Crippen MR) is 56.7 cm³/mol. The van der Waals surface area contributed by atoms with Gasteiger partial charge in [-0.15, -0.1) is 12.4 Å². The van der Waals surface area contributed by atoms with E-state index >= 15 is 0 Å². The second kappa shape index (κ2) is 4.55. The first-order valence-electron chi connectivity index (χ1n) is 4.06. The highest BCUT2D eigenvalue weighted by molar-refractivity contribution is 9.10. The highest BCUT2D eigenvalue weighted by Gasteiger charge is 2.25. The molecule has 2 rings (SSSR count). The van der Waals surface area contributed by atoms with Gasteiger partial charge in [0.2, 0.25) is 0 Å². The lowest BCUT2D eigenvalue weighted by molar-refractivity contribution is 0.355. The van der Waals surface area contributed by atoms with E-state index in [1.54, 1.807) is 0 Å². The molecule has 0 unspecified atom stereocenters. The van der Waals surface area contributed by atoms with Crippen molar-refractivity contribution in [3.63, 3.8) is 0 Å². The Hall–Kier alpha value is -0.190. The summed E-state index contributed by atoms with van der Waals surface area (Å²) in [6, 6.07) is 2.43. The van der Waals surface area contributed by atoms with E-state index in [0.29, 0.717) is 4.47 Å². The lowest BCUT2D eigenvalue weighted by Gasteiger charge is -2.28. The first-order chi connectivity index (χ1) is 6.18. The van der Waals surface area contributed by atoms with Crippen molar-refractivity contribution in [1.82, 2.24) is 5.32 Å². The van der Waals surface area contributed by atoms with Crippen LogP contribution in [-0.2, 0) is 0 Å². The van der Waals surface area contributed by atoms with Gasteiger partial charge in [-0.25, -0.2) is 8.78 Å². The third kappa shape index (κ3) is 2.07. The SMILES string of the molecule is Cl.Fc1cc(Br)cc(F)c1[C@@H]1CCN1. The topological polar surface area (TPSA) is 12.0 Å². The number of nitrogens with one attached hydrogen (secondary N) is 1. The van der Waals surface area contributed by atoms with Crippen LogP contribution in [0.1, 0.15) is 18.0 Å². The molecule has 5 heteroatoms. The summed E-state index contributed by atoms with van der Waals surface area (Å²) < 4.78 is 27.0. The molecule has 1 fully saturated rings. The summed E-state index contributed by atoms with van der Waals surface area (Å²) in [5.74, 6) is -0.965. The lowest BCUT2D eigenvalue weighted by atomic mass is 9.97. The summed E-state index contributed by atoms with van der Waals surface area (Å²) >= 11 is 3.04. The Labute approximate surface area is 95.4 Å². The average molecular weight is 285 g/mol. The Morgan fingerprint density at radius 2 is 1.79 bits per heavy atom. The number of hydrogen-bond donors (Lipinski definition) is 1. The van der Waals surface area contributed by atoms with Crippen molar-refractivity contribution in [2.45, 2.75) is 12.5 Å². The molecule has 0 spiro atoms. The van der Waals surface area contributed by atoms with Crippen LogP contribution in [0.3, 0.4) is 0 Å². The summed E-state index contributed by atoms with van der Waals surface area (Å²) in [4.78, 5) is 0. The van der Waals surface area contributed by atoms with E-state index in [-0.39, 0.29) is 24.0 Å². The molecule has 1 aromatic rings. The third-order valence-electron chi connectivity index (χ3n) is 2.22. The van der Waals surface area contributed by atoms with Crippen molar-refractivity contribution < 1.29 is 8.78 Å². The van der Waals surface area contributed by atoms with Gasteiger partial charge in [-0.2, -0.15) is 0 Å². The molecule has 78 valence electrons. The normalized spacial score (nSPS) is 19.8. The molecule has 1 aliphatic rings. The first-order valence-corrected chi connectivity index (χ1v) is 4.85. The Morgan fingerprint density at radius 3 is 2.14 bits per heavy atom. The minimum absolute atomic E-state index is 0. The fourth-order valence-corrected chi connectivity index (χ4v) is 1.82. The average Bonchev–Trinajstić information content (AvgIpc) is 1.92. The van der Waals surface area contributed by atoms with Crippen LogP contribution in [0.25, 0.3) is 0 Å². The van der Waals surface area contributed by atoms with E-state index in [4.69, 9.17) is 0 Å². The smallest absolute Gasteiger partial charge is 0.132 e. The second-order valence-corrected chi connectivity index (χ2v) is 3.99. The molecule has 0 aliphatic carbocycles. The first kappa shape index (κ1) is 11.9. The summed E-state index contributed by atoms with van der Waals surface area (Å²) in [6.45, 7) is 0.833. The molecule has 1 nitrogen and oxygen atoms in total. The van der Waals surface area contributed by atoms with Gasteiger partial charge < -0.3 is 5.32 Å². The van der Waals surface area contributed by atoms with E-state index in [1.165, 1.54) is 12.1 Å². The van der Waals surface area contributed by atoms with Gasteiger partial charge in [0, 0.05) is 16.1 Å². The van der Waals surface area contributed by atoms with Gasteiger partial charge in [0.05, 0.1) is 0 Å². The number of halogens is 4. The lowest BCUT2D eigenvalue weighted by Crippen LogP contribution is -2.36. The van der Waals surface area contributed by atoms with E-state index < -0.39 is 11.6 Å². The van der Waals surface area contributed by atoms with Gasteiger partial charge in [-0.1, -0.05) is 15.9 Å². The van der Waals surface area contributed by atoms with Gasteiger partial charge >= 0.3 is 0 Å². The quantitative estimate of drug-likeness (QED) is 0.835. The fourth-order valence-electron chi connectivity index (χ4n) is 1.42. The minimum atomic E-state index is -0.482. The van der Waals surface area contributed by atoms with Crippen LogP contribution >= 0.6 is 28.3 Å². The van der Waals surface area contributed by atoms with Gasteiger partial charge in [0.15, 0.2) is 0 Å². The van der Waals surface area contributed by atoms with Crippen molar-refractivity contribution in [2.75, 3.05) is 6.54 Å². The summed E-state index contributed by atoms with van der Waals surface area (Å²) in [7, 11) is 0. The highest BCUT2D eigenvalue weighted by Crippen LogP contribution is 2.29. The van der Waals surface area contributed by atoms with Crippen molar-refractivity contribution >= 4 is 28.3 Å². The van der Waals surface area contributed by atoms with Crippen molar-refractivity contribution in [3.05, 3.63) is 33.8 Å². The minimum Gasteiger partial charge on any atom is -0.310 e. The van der Waals surface area contributed by atoms with Crippen LogP contribution in [0, 0.1) is 11.6 Å². The standard InChI is InChI=1S/C9H8BrF2N.ClH/c10-5-3-6(11)9(7(12)4-5)8-1-2-13-8;/h3-4,8,13H,1-2H2;1H/t8-;/m0./s1. The molecule has 0 radical (unpaired) electrons. The number of benzene rings is 1. The molecule has 14 heavy (non-hydrogen) atoms. The monoisotopic (exact) mass is 283 g/mol. The predicted octanol–water partition coefficient (Wildman–Crippen LogP) is 3.18. The molecule has 0 aromatic heterocycles. The maximum atomic E-state index is 13.3. The van der Waals surface area contributed by atoms with E-state index in [1.807, 2.05) is 0 Å². The molecular formula is C9H9BrClF2N. The maximum absolute atomic E-state index is 13.3. The van der Waals surface area contributed by atoms with Crippen LogP contribution < -0.4 is 5.32 Å². The second-order valence-electron chi connectivity index (χ2n) is 3.08. The maximum Gasteiger partial charge on any atom is 0.132 e. The Bertz CT molecular complexity index is 319. The molecule has 1 aliphatic heterocycles. The van der Waals surface area contributed by atoms with Crippen LogP contribution in [0.5, 0.6) is 0 Å². The Balaban J connectivity index is 0.000000980. The molecule has 1 aromatic carbocycles. The third-order valence-corrected chi connectivity index (χ3v) is 2.67. The van der Waals surface area contributed by atoms with Gasteiger partial charge in [-0.3, -0.25) is 0 Å². The zero-order valence-electron chi connectivity index (χ0n) is 7.19. The highest BCUT2D eigenvalue weighted by atomic mass is 79.9. The van der Waals surface area contributed by atoms with Gasteiger partial charge in [-0.05, 0) is 25.1 Å².